The second-order valence-electron chi connectivity index (χ2n) is 10.3. The van der Waals surface area contributed by atoms with Crippen LogP contribution in [0.4, 0.5) is 0 Å². The summed E-state index contributed by atoms with van der Waals surface area (Å²) in [5.41, 5.74) is 0.747. The van der Waals surface area contributed by atoms with Crippen LogP contribution in [0.1, 0.15) is 56.6 Å². The lowest BCUT2D eigenvalue weighted by Gasteiger charge is -2.42. The number of likely N-dealkylation sites (tertiary alicyclic amines) is 1. The fourth-order valence-electron chi connectivity index (χ4n) is 7.13. The molecule has 3 aliphatic heterocycles. The summed E-state index contributed by atoms with van der Waals surface area (Å²) >= 11 is 1.54. The highest BCUT2D eigenvalue weighted by molar-refractivity contribution is 8.02. The Bertz CT molecular complexity index is 997. The van der Waals surface area contributed by atoms with Crippen molar-refractivity contribution in [2.45, 2.75) is 73.1 Å². The van der Waals surface area contributed by atoms with Crippen molar-refractivity contribution in [1.29, 1.82) is 0 Å². The minimum absolute atomic E-state index is 0.0878. The van der Waals surface area contributed by atoms with Crippen LogP contribution in [0.2, 0.25) is 0 Å². The quantitative estimate of drug-likeness (QED) is 0.534. The van der Waals surface area contributed by atoms with Gasteiger partial charge >= 0.3 is 5.97 Å². The van der Waals surface area contributed by atoms with E-state index in [0.29, 0.717) is 19.4 Å². The van der Waals surface area contributed by atoms with E-state index in [2.05, 4.69) is 6.58 Å². The average Bonchev–Trinajstić information content (AvgIpc) is 3.52. The van der Waals surface area contributed by atoms with Gasteiger partial charge in [-0.15, -0.1) is 18.3 Å². The lowest BCUT2D eigenvalue weighted by molar-refractivity contribution is -0.150. The molecule has 4 aliphatic rings. The maximum Gasteiger partial charge on any atom is 0.308 e. The zero-order chi connectivity index (χ0) is 24.7. The summed E-state index contributed by atoms with van der Waals surface area (Å²) in [5, 5.41) is 20.4. The fraction of sp³-hybridized carbons (Fsp3) is 0.593. The molecular weight excluding hydrogens is 464 g/mol. The molecule has 1 spiro atoms. The number of hydrogen-bond acceptors (Lipinski definition) is 5. The van der Waals surface area contributed by atoms with Crippen LogP contribution in [0.15, 0.2) is 43.0 Å². The number of aliphatic carboxylic acids is 1. The minimum Gasteiger partial charge on any atom is -0.481 e. The maximum absolute atomic E-state index is 14.5. The molecule has 1 aromatic rings. The van der Waals surface area contributed by atoms with Crippen LogP contribution in [0, 0.1) is 11.8 Å². The Morgan fingerprint density at radius 1 is 1.20 bits per heavy atom. The average molecular weight is 499 g/mol. The number of carbonyl (C=O) groups excluding carboxylic acids is 2. The van der Waals surface area contributed by atoms with E-state index in [1.807, 2.05) is 35.2 Å². The molecule has 2 amide bonds. The van der Waals surface area contributed by atoms with E-state index in [4.69, 9.17) is 0 Å². The predicted molar refractivity (Wildman–Crippen MR) is 134 cm³/mol. The molecule has 4 fully saturated rings. The molecule has 1 aliphatic carbocycles. The highest BCUT2D eigenvalue weighted by Crippen LogP contribution is 2.67. The van der Waals surface area contributed by atoms with Gasteiger partial charge in [-0.25, -0.2) is 0 Å². The molecule has 0 aromatic heterocycles. The third-order valence-electron chi connectivity index (χ3n) is 8.57. The van der Waals surface area contributed by atoms with Gasteiger partial charge in [-0.3, -0.25) is 14.4 Å². The smallest absolute Gasteiger partial charge is 0.308 e. The van der Waals surface area contributed by atoms with Gasteiger partial charge in [0.15, 0.2) is 0 Å². The number of amides is 2. The summed E-state index contributed by atoms with van der Waals surface area (Å²) in [7, 11) is 0. The second kappa shape index (κ2) is 9.62. The van der Waals surface area contributed by atoms with Gasteiger partial charge in [0.2, 0.25) is 11.8 Å². The lowest BCUT2D eigenvalue weighted by Crippen LogP contribution is -2.57. The van der Waals surface area contributed by atoms with Crippen LogP contribution in [0.3, 0.4) is 0 Å². The first kappa shape index (κ1) is 24.4. The zero-order valence-corrected chi connectivity index (χ0v) is 20.7. The summed E-state index contributed by atoms with van der Waals surface area (Å²) in [6.07, 6.45) is 8.19. The van der Waals surface area contributed by atoms with Gasteiger partial charge in [0.05, 0.1) is 29.2 Å². The number of rotatable bonds is 8. The molecule has 1 aromatic carbocycles. The molecule has 2 bridgehead atoms. The molecule has 7 nitrogen and oxygen atoms in total. The number of nitrogens with zero attached hydrogens (tertiary/aromatic N) is 2. The first-order chi connectivity index (χ1) is 16.9. The maximum atomic E-state index is 14.5. The van der Waals surface area contributed by atoms with Crippen molar-refractivity contribution in [3.63, 3.8) is 0 Å². The minimum atomic E-state index is -0.967. The lowest BCUT2D eigenvalue weighted by atomic mass is 9.71. The predicted octanol–water partition coefficient (Wildman–Crippen LogP) is 3.24. The van der Waals surface area contributed by atoms with Crippen LogP contribution < -0.4 is 0 Å². The van der Waals surface area contributed by atoms with Gasteiger partial charge in [-0.1, -0.05) is 55.7 Å². The molecule has 188 valence electrons. The normalized spacial score (nSPS) is 32.9. The molecule has 1 saturated carbocycles. The summed E-state index contributed by atoms with van der Waals surface area (Å²) in [5.74, 6) is -2.96. The van der Waals surface area contributed by atoms with Crippen molar-refractivity contribution >= 4 is 29.5 Å². The monoisotopic (exact) mass is 498 g/mol. The Balaban J connectivity index is 1.61. The van der Waals surface area contributed by atoms with Crippen molar-refractivity contribution in [1.82, 2.24) is 9.80 Å². The molecule has 3 saturated heterocycles. The Morgan fingerprint density at radius 2 is 1.91 bits per heavy atom. The van der Waals surface area contributed by atoms with Crippen molar-refractivity contribution in [3.05, 3.63) is 48.6 Å². The summed E-state index contributed by atoms with van der Waals surface area (Å²) in [6, 6.07) is 7.84. The third kappa shape index (κ3) is 3.80. The van der Waals surface area contributed by atoms with Gasteiger partial charge < -0.3 is 20.0 Å². The van der Waals surface area contributed by atoms with Crippen LogP contribution in [0.25, 0.3) is 0 Å². The Morgan fingerprint density at radius 3 is 2.54 bits per heavy atom. The largest absolute Gasteiger partial charge is 0.481 e. The highest BCUT2D eigenvalue weighted by atomic mass is 32.2. The number of fused-ring (bicyclic) bond motifs is 1. The van der Waals surface area contributed by atoms with Crippen molar-refractivity contribution in [3.8, 4) is 0 Å². The van der Waals surface area contributed by atoms with E-state index in [9.17, 15) is 24.6 Å². The van der Waals surface area contributed by atoms with E-state index < -0.39 is 34.6 Å². The first-order valence-electron chi connectivity index (χ1n) is 12.7. The molecule has 5 rings (SSSR count). The van der Waals surface area contributed by atoms with Crippen LogP contribution in [-0.2, 0) is 14.4 Å². The number of hydrogen-bond donors (Lipinski definition) is 2. The van der Waals surface area contributed by atoms with E-state index in [1.54, 1.807) is 11.0 Å². The molecule has 3 heterocycles. The van der Waals surface area contributed by atoms with E-state index >= 15 is 0 Å². The number of carboxylic acid groups (broad SMARTS) is 1. The Kier molecular flexibility index (Phi) is 6.70. The van der Waals surface area contributed by atoms with Gasteiger partial charge in [0.25, 0.3) is 0 Å². The number of aliphatic hydroxyl groups is 1. The number of carbonyl (C=O) groups is 3. The summed E-state index contributed by atoms with van der Waals surface area (Å²) < 4.78 is -0.780. The zero-order valence-electron chi connectivity index (χ0n) is 19.9. The molecule has 6 atom stereocenters. The van der Waals surface area contributed by atoms with Crippen LogP contribution in [0.5, 0.6) is 0 Å². The second-order valence-corrected chi connectivity index (χ2v) is 11.9. The summed E-state index contributed by atoms with van der Waals surface area (Å²) in [6.45, 7) is 3.95. The van der Waals surface area contributed by atoms with Crippen LogP contribution in [-0.4, -0.2) is 73.0 Å². The van der Waals surface area contributed by atoms with E-state index in [0.717, 1.165) is 37.7 Å². The van der Waals surface area contributed by atoms with Crippen LogP contribution >= 0.6 is 11.8 Å². The van der Waals surface area contributed by atoms with Gasteiger partial charge in [0, 0.05) is 17.8 Å². The molecule has 2 unspecified atom stereocenters. The SMILES string of the molecule is C=CCN(C(=O)C1N([C@H](CO)c2ccccc2)C(=O)[C@@H]2[C@H](C(=O)O)[C@@H]3CCC12S3)C1CCCCC1. The standard InChI is InChI=1S/C27H34N2O5S/c1-2-15-28(18-11-7-4-8-12-18)25(32)23-27-14-13-20(35-27)21(26(33)34)22(27)24(31)29(23)19(16-30)17-9-5-3-6-10-17/h2-3,5-6,9-10,18-23,30H,1,4,7-8,11-16H2,(H,33,34)/t19-,20+,21-,22+,23?,27?/m1/s1. The molecule has 8 heteroatoms. The highest BCUT2D eigenvalue weighted by Gasteiger charge is 2.74. The van der Waals surface area contributed by atoms with Gasteiger partial charge in [0.1, 0.15) is 6.04 Å². The molecular formula is C27H34N2O5S. The molecule has 2 N–H and O–H groups in total. The number of thioether (sulfide) groups is 1. The molecule has 35 heavy (non-hydrogen) atoms. The fourth-order valence-corrected chi connectivity index (χ4v) is 9.32. The van der Waals surface area contributed by atoms with Gasteiger partial charge in [-0.2, -0.15) is 0 Å². The third-order valence-corrected chi connectivity index (χ3v) is 10.5. The summed E-state index contributed by atoms with van der Waals surface area (Å²) in [4.78, 5) is 44.3. The number of benzene rings is 1. The Labute approximate surface area is 210 Å². The van der Waals surface area contributed by atoms with Crippen molar-refractivity contribution in [2.24, 2.45) is 11.8 Å². The number of aliphatic hydroxyl groups excluding tert-OH is 1. The van der Waals surface area contributed by atoms with E-state index in [1.165, 1.54) is 11.8 Å². The van der Waals surface area contributed by atoms with Crippen molar-refractivity contribution < 1.29 is 24.6 Å². The number of carboxylic acids is 1. The topological polar surface area (TPSA) is 98.2 Å². The molecule has 0 radical (unpaired) electrons. The first-order valence-corrected chi connectivity index (χ1v) is 13.6. The van der Waals surface area contributed by atoms with E-state index in [-0.39, 0.29) is 29.7 Å². The van der Waals surface area contributed by atoms with Crippen molar-refractivity contribution in [2.75, 3.05) is 13.2 Å². The van der Waals surface area contributed by atoms with Gasteiger partial charge in [-0.05, 0) is 31.2 Å². The Hall–Kier alpha value is -2.32.